The molecule has 5 heteroatoms. The Morgan fingerprint density at radius 2 is 1.82 bits per heavy atom. The third kappa shape index (κ3) is 2.89. The van der Waals surface area contributed by atoms with Crippen LogP contribution >= 0.6 is 0 Å². The minimum Gasteiger partial charge on any atom is -0.352 e. The number of amides is 2. The van der Waals surface area contributed by atoms with Crippen LogP contribution in [-0.2, 0) is 4.79 Å². The number of hydrogen-bond donors (Lipinski definition) is 1. The van der Waals surface area contributed by atoms with Gasteiger partial charge in [-0.1, -0.05) is 25.5 Å². The van der Waals surface area contributed by atoms with Crippen molar-refractivity contribution in [3.63, 3.8) is 0 Å². The SMILES string of the molecule is CCC[C@]1(C)C(=O)NCCN1C(=O)c1ccc(C(C)=O)cc1. The number of hydrogen-bond acceptors (Lipinski definition) is 3. The van der Waals surface area contributed by atoms with E-state index in [1.165, 1.54) is 6.92 Å². The smallest absolute Gasteiger partial charge is 0.254 e. The molecule has 1 N–H and O–H groups in total. The summed E-state index contributed by atoms with van der Waals surface area (Å²) in [7, 11) is 0. The minimum absolute atomic E-state index is 0.0350. The number of benzene rings is 1. The Morgan fingerprint density at radius 1 is 1.23 bits per heavy atom. The van der Waals surface area contributed by atoms with Crippen molar-refractivity contribution in [2.45, 2.75) is 39.2 Å². The molecule has 0 spiro atoms. The number of nitrogens with one attached hydrogen (secondary N) is 1. The van der Waals surface area contributed by atoms with E-state index in [0.29, 0.717) is 30.6 Å². The van der Waals surface area contributed by atoms with Crippen LogP contribution in [0.5, 0.6) is 0 Å². The molecule has 0 radical (unpaired) electrons. The van der Waals surface area contributed by atoms with Crippen molar-refractivity contribution in [3.8, 4) is 0 Å². The number of carbonyl (C=O) groups excluding carboxylic acids is 3. The predicted octanol–water partition coefficient (Wildman–Crippen LogP) is 2.02. The van der Waals surface area contributed by atoms with Gasteiger partial charge in [0.25, 0.3) is 5.91 Å². The average molecular weight is 302 g/mol. The van der Waals surface area contributed by atoms with Gasteiger partial charge in [-0.25, -0.2) is 0 Å². The van der Waals surface area contributed by atoms with Crippen molar-refractivity contribution >= 4 is 17.6 Å². The Hall–Kier alpha value is -2.17. The van der Waals surface area contributed by atoms with Gasteiger partial charge in [-0.3, -0.25) is 14.4 Å². The second kappa shape index (κ2) is 6.30. The molecule has 0 saturated carbocycles. The third-order valence-electron chi connectivity index (χ3n) is 4.23. The second-order valence-electron chi connectivity index (χ2n) is 5.87. The van der Waals surface area contributed by atoms with Crippen LogP contribution in [0.4, 0.5) is 0 Å². The highest BCUT2D eigenvalue weighted by Gasteiger charge is 2.43. The van der Waals surface area contributed by atoms with Gasteiger partial charge in [0.2, 0.25) is 5.91 Å². The number of carbonyl (C=O) groups is 3. The van der Waals surface area contributed by atoms with Crippen molar-refractivity contribution in [1.82, 2.24) is 10.2 Å². The van der Waals surface area contributed by atoms with Crippen LogP contribution < -0.4 is 5.32 Å². The average Bonchev–Trinajstić information content (AvgIpc) is 2.50. The lowest BCUT2D eigenvalue weighted by molar-refractivity contribution is -0.134. The van der Waals surface area contributed by atoms with E-state index in [1.54, 1.807) is 29.2 Å². The van der Waals surface area contributed by atoms with Gasteiger partial charge in [0.1, 0.15) is 5.54 Å². The molecule has 1 atom stereocenters. The number of piperazine rings is 1. The van der Waals surface area contributed by atoms with Crippen LogP contribution in [0.1, 0.15) is 54.3 Å². The monoisotopic (exact) mass is 302 g/mol. The highest BCUT2D eigenvalue weighted by Crippen LogP contribution is 2.26. The Balaban J connectivity index is 2.29. The van der Waals surface area contributed by atoms with E-state index in [-0.39, 0.29) is 17.6 Å². The van der Waals surface area contributed by atoms with E-state index >= 15 is 0 Å². The van der Waals surface area contributed by atoms with Crippen LogP contribution in [-0.4, -0.2) is 41.1 Å². The Morgan fingerprint density at radius 3 is 2.36 bits per heavy atom. The van der Waals surface area contributed by atoms with Gasteiger partial charge < -0.3 is 10.2 Å². The molecule has 1 saturated heterocycles. The lowest BCUT2D eigenvalue weighted by Gasteiger charge is -2.43. The molecule has 0 aromatic heterocycles. The fourth-order valence-corrected chi connectivity index (χ4v) is 2.91. The fourth-order valence-electron chi connectivity index (χ4n) is 2.91. The Kier molecular flexibility index (Phi) is 4.64. The van der Waals surface area contributed by atoms with E-state index in [9.17, 15) is 14.4 Å². The molecule has 0 aliphatic carbocycles. The minimum atomic E-state index is -0.816. The molecule has 2 amide bonds. The van der Waals surface area contributed by atoms with Gasteiger partial charge >= 0.3 is 0 Å². The van der Waals surface area contributed by atoms with Crippen molar-refractivity contribution in [2.75, 3.05) is 13.1 Å². The first-order valence-electron chi connectivity index (χ1n) is 7.61. The van der Waals surface area contributed by atoms with Crippen LogP contribution in [0.25, 0.3) is 0 Å². The van der Waals surface area contributed by atoms with E-state index in [1.807, 2.05) is 13.8 Å². The maximum atomic E-state index is 12.8. The molecule has 0 unspecified atom stereocenters. The zero-order valence-electron chi connectivity index (χ0n) is 13.3. The number of ketones is 1. The molecule has 1 aromatic carbocycles. The molecule has 1 aliphatic rings. The molecule has 22 heavy (non-hydrogen) atoms. The molecule has 1 heterocycles. The Labute approximate surface area is 130 Å². The summed E-state index contributed by atoms with van der Waals surface area (Å²) in [6.07, 6.45) is 1.44. The van der Waals surface area contributed by atoms with Crippen molar-refractivity contribution < 1.29 is 14.4 Å². The molecule has 1 aromatic rings. The largest absolute Gasteiger partial charge is 0.352 e. The first-order valence-corrected chi connectivity index (χ1v) is 7.61. The summed E-state index contributed by atoms with van der Waals surface area (Å²) >= 11 is 0. The molecule has 118 valence electrons. The van der Waals surface area contributed by atoms with Crippen molar-refractivity contribution in [3.05, 3.63) is 35.4 Å². The maximum Gasteiger partial charge on any atom is 0.254 e. The van der Waals surface area contributed by atoms with Gasteiger partial charge in [-0.15, -0.1) is 0 Å². The summed E-state index contributed by atoms with van der Waals surface area (Å²) in [4.78, 5) is 38.0. The highest BCUT2D eigenvalue weighted by atomic mass is 16.2. The molecule has 1 aliphatic heterocycles. The number of Topliss-reactive ketones (excluding diaryl/α,β-unsaturated/α-hetero) is 1. The Bertz CT molecular complexity index is 594. The van der Waals surface area contributed by atoms with Gasteiger partial charge in [-0.05, 0) is 32.4 Å². The maximum absolute atomic E-state index is 12.8. The quantitative estimate of drug-likeness (QED) is 0.865. The first kappa shape index (κ1) is 16.2. The number of nitrogens with zero attached hydrogens (tertiary/aromatic N) is 1. The third-order valence-corrected chi connectivity index (χ3v) is 4.23. The van der Waals surface area contributed by atoms with Gasteiger partial charge in [-0.2, -0.15) is 0 Å². The highest BCUT2D eigenvalue weighted by molar-refractivity contribution is 6.01. The van der Waals surface area contributed by atoms with E-state index < -0.39 is 5.54 Å². The van der Waals surface area contributed by atoms with E-state index in [4.69, 9.17) is 0 Å². The zero-order valence-corrected chi connectivity index (χ0v) is 13.3. The molecule has 2 rings (SSSR count). The van der Waals surface area contributed by atoms with Crippen LogP contribution in [0.2, 0.25) is 0 Å². The molecule has 1 fully saturated rings. The summed E-state index contributed by atoms with van der Waals surface area (Å²) < 4.78 is 0. The second-order valence-corrected chi connectivity index (χ2v) is 5.87. The normalized spacial score (nSPS) is 21.4. The summed E-state index contributed by atoms with van der Waals surface area (Å²) in [5.74, 6) is -0.303. The lowest BCUT2D eigenvalue weighted by atomic mass is 9.90. The topological polar surface area (TPSA) is 66.5 Å². The van der Waals surface area contributed by atoms with Crippen LogP contribution in [0.3, 0.4) is 0 Å². The van der Waals surface area contributed by atoms with Crippen molar-refractivity contribution in [1.29, 1.82) is 0 Å². The van der Waals surface area contributed by atoms with Crippen LogP contribution in [0, 0.1) is 0 Å². The predicted molar refractivity (Wildman–Crippen MR) is 83.8 cm³/mol. The summed E-state index contributed by atoms with van der Waals surface area (Å²) in [5, 5.41) is 2.84. The summed E-state index contributed by atoms with van der Waals surface area (Å²) in [6, 6.07) is 6.60. The molecule has 5 nitrogen and oxygen atoms in total. The van der Waals surface area contributed by atoms with Gasteiger partial charge in [0, 0.05) is 24.2 Å². The van der Waals surface area contributed by atoms with Crippen molar-refractivity contribution in [2.24, 2.45) is 0 Å². The standard InChI is InChI=1S/C17H22N2O3/c1-4-9-17(3)16(22)18-10-11-19(17)15(21)14-7-5-13(6-8-14)12(2)20/h5-8H,4,9-11H2,1-3H3,(H,18,22)/t17-/m1/s1. The van der Waals surface area contributed by atoms with Gasteiger partial charge in [0.05, 0.1) is 0 Å². The zero-order chi connectivity index (χ0) is 16.3. The summed E-state index contributed by atoms with van der Waals surface area (Å²) in [5.41, 5.74) is 0.259. The fraction of sp³-hybridized carbons (Fsp3) is 0.471. The number of rotatable bonds is 4. The first-order chi connectivity index (χ1) is 10.4. The lowest BCUT2D eigenvalue weighted by Crippen LogP contribution is -2.64. The summed E-state index contributed by atoms with van der Waals surface area (Å²) in [6.45, 7) is 6.26. The van der Waals surface area contributed by atoms with Crippen LogP contribution in [0.15, 0.2) is 24.3 Å². The molecular weight excluding hydrogens is 280 g/mol. The molecule has 0 bridgehead atoms. The van der Waals surface area contributed by atoms with Gasteiger partial charge in [0.15, 0.2) is 5.78 Å². The molecular formula is C17H22N2O3. The van der Waals surface area contributed by atoms with E-state index in [0.717, 1.165) is 6.42 Å². The van der Waals surface area contributed by atoms with E-state index in [2.05, 4.69) is 5.32 Å².